The van der Waals surface area contributed by atoms with Crippen molar-refractivity contribution in [2.75, 3.05) is 20.3 Å². The predicted molar refractivity (Wildman–Crippen MR) is 209 cm³/mol. The highest BCUT2D eigenvalue weighted by molar-refractivity contribution is 7.98. The van der Waals surface area contributed by atoms with Crippen molar-refractivity contribution in [1.82, 2.24) is 29.4 Å². The van der Waals surface area contributed by atoms with E-state index in [1.54, 1.807) is 0 Å². The molecule has 3 aromatic heterocycles. The van der Waals surface area contributed by atoms with Gasteiger partial charge in [-0.15, -0.1) is 23.5 Å². The Bertz CT molecular complexity index is 2130. The van der Waals surface area contributed by atoms with Gasteiger partial charge in [-0.25, -0.2) is 4.79 Å². The number of nitrogens with zero attached hydrogens (tertiary/aromatic N) is 5. The van der Waals surface area contributed by atoms with Crippen LogP contribution in [-0.4, -0.2) is 50.4 Å². The van der Waals surface area contributed by atoms with Crippen LogP contribution in [0.3, 0.4) is 0 Å². The number of fused-ring (bicyclic) bond motifs is 10. The molecule has 8 rings (SSSR count). The SMILES string of the molecule is CC.COC(=O)c1c2c3ccc(Cl)c(c3n1C)-c1c(nn3c1CNCC3)CSCc1cc(n(C)n1)CSc1cc3c(c(c1)OCCC2)C=CCC3. The van der Waals surface area contributed by atoms with E-state index in [4.69, 9.17) is 31.3 Å². The normalized spacial score (nSPS) is 15.9. The van der Waals surface area contributed by atoms with Crippen LogP contribution >= 0.6 is 35.1 Å². The van der Waals surface area contributed by atoms with E-state index < -0.39 is 0 Å². The van der Waals surface area contributed by atoms with Crippen molar-refractivity contribution in [3.63, 3.8) is 0 Å². The number of methoxy groups -OCH3 is 1. The number of nitrogens with one attached hydrogen (secondary N) is 1. The zero-order valence-electron chi connectivity index (χ0n) is 30.0. The number of carbonyl (C=O) groups excluding carboxylic acids is 1. The first-order valence-electron chi connectivity index (χ1n) is 17.8. The van der Waals surface area contributed by atoms with Gasteiger partial charge in [0.2, 0.25) is 0 Å². The van der Waals surface area contributed by atoms with E-state index in [1.807, 2.05) is 72.8 Å². The summed E-state index contributed by atoms with van der Waals surface area (Å²) in [5.74, 6) is 2.84. The third-order valence-corrected chi connectivity index (χ3v) is 12.1. The molecule has 0 amide bonds. The molecule has 1 aliphatic carbocycles. The zero-order chi connectivity index (χ0) is 35.6. The van der Waals surface area contributed by atoms with E-state index in [-0.39, 0.29) is 5.97 Å². The van der Waals surface area contributed by atoms with Crippen LogP contribution in [0.4, 0.5) is 0 Å². The van der Waals surface area contributed by atoms with Crippen molar-refractivity contribution < 1.29 is 14.3 Å². The Labute approximate surface area is 313 Å². The number of benzene rings is 2. The molecule has 268 valence electrons. The maximum atomic E-state index is 13.4. The summed E-state index contributed by atoms with van der Waals surface area (Å²) in [7, 11) is 5.41. The Hall–Kier alpha value is -3.64. The molecule has 0 spiro atoms. The number of carbonyl (C=O) groups is 1. The van der Waals surface area contributed by atoms with Gasteiger partial charge in [0.25, 0.3) is 0 Å². The molecule has 2 aliphatic heterocycles. The minimum Gasteiger partial charge on any atom is -0.493 e. The summed E-state index contributed by atoms with van der Waals surface area (Å²) in [6, 6.07) is 10.7. The van der Waals surface area contributed by atoms with Gasteiger partial charge in [0.05, 0.1) is 47.9 Å². The fraction of sp³-hybridized carbons (Fsp3) is 0.410. The van der Waals surface area contributed by atoms with Gasteiger partial charge < -0.3 is 19.4 Å². The first-order chi connectivity index (χ1) is 24.9. The summed E-state index contributed by atoms with van der Waals surface area (Å²) < 4.78 is 18.0. The van der Waals surface area contributed by atoms with E-state index >= 15 is 0 Å². The Morgan fingerprint density at radius 1 is 1.06 bits per heavy atom. The topological polar surface area (TPSA) is 88.1 Å². The molecule has 2 aromatic carbocycles. The molecule has 51 heavy (non-hydrogen) atoms. The average molecular weight is 745 g/mol. The van der Waals surface area contributed by atoms with Crippen molar-refractivity contribution in [1.29, 1.82) is 0 Å². The second kappa shape index (κ2) is 15.5. The van der Waals surface area contributed by atoms with Crippen LogP contribution in [-0.2, 0) is 62.0 Å². The zero-order valence-corrected chi connectivity index (χ0v) is 32.4. The Morgan fingerprint density at radius 3 is 2.76 bits per heavy atom. The summed E-state index contributed by atoms with van der Waals surface area (Å²) in [4.78, 5) is 14.6. The Kier molecular flexibility index (Phi) is 10.9. The number of esters is 1. The highest BCUT2D eigenvalue weighted by Gasteiger charge is 2.30. The molecular formula is C39H45ClN6O3S2. The Morgan fingerprint density at radius 2 is 1.92 bits per heavy atom. The monoisotopic (exact) mass is 744 g/mol. The summed E-state index contributed by atoms with van der Waals surface area (Å²) in [5, 5.41) is 15.2. The molecule has 12 heteroatoms. The van der Waals surface area contributed by atoms with Gasteiger partial charge in [-0.1, -0.05) is 43.7 Å². The molecule has 0 atom stereocenters. The van der Waals surface area contributed by atoms with Crippen molar-refractivity contribution >= 4 is 58.1 Å². The molecule has 3 aliphatic rings. The molecule has 0 unspecified atom stereocenters. The highest BCUT2D eigenvalue weighted by atomic mass is 35.5. The van der Waals surface area contributed by atoms with Gasteiger partial charge in [0.1, 0.15) is 11.4 Å². The molecule has 0 radical (unpaired) electrons. The van der Waals surface area contributed by atoms with Crippen LogP contribution in [0.2, 0.25) is 5.02 Å². The van der Waals surface area contributed by atoms with Crippen LogP contribution in [0.15, 0.2) is 41.3 Å². The fourth-order valence-corrected chi connectivity index (χ4v) is 9.55. The largest absolute Gasteiger partial charge is 0.493 e. The van der Waals surface area contributed by atoms with E-state index in [2.05, 4.69) is 40.3 Å². The van der Waals surface area contributed by atoms with E-state index in [0.29, 0.717) is 36.0 Å². The third kappa shape index (κ3) is 6.86. The van der Waals surface area contributed by atoms with Crippen molar-refractivity contribution in [3.05, 3.63) is 86.6 Å². The third-order valence-electron chi connectivity index (χ3n) is 9.76. The molecule has 0 saturated carbocycles. The number of hydrogen-bond donors (Lipinski definition) is 1. The van der Waals surface area contributed by atoms with Crippen LogP contribution < -0.4 is 10.1 Å². The van der Waals surface area contributed by atoms with Gasteiger partial charge in [-0.2, -0.15) is 10.2 Å². The number of allylic oxidation sites excluding steroid dienone is 1. The van der Waals surface area contributed by atoms with Crippen LogP contribution in [0, 0.1) is 0 Å². The second-order valence-corrected chi connectivity index (χ2v) is 15.2. The number of rotatable bonds is 1. The molecule has 0 fully saturated rings. The van der Waals surface area contributed by atoms with Gasteiger partial charge in [-0.3, -0.25) is 9.36 Å². The summed E-state index contributed by atoms with van der Waals surface area (Å²) in [6.45, 7) is 6.85. The fourth-order valence-electron chi connectivity index (χ4n) is 7.46. The lowest BCUT2D eigenvalue weighted by molar-refractivity contribution is 0.0589. The first-order valence-corrected chi connectivity index (χ1v) is 20.3. The van der Waals surface area contributed by atoms with Gasteiger partial charge in [0.15, 0.2) is 0 Å². The van der Waals surface area contributed by atoms with Crippen LogP contribution in [0.5, 0.6) is 5.75 Å². The van der Waals surface area contributed by atoms with E-state index in [9.17, 15) is 4.79 Å². The molecule has 9 nitrogen and oxygen atoms in total. The molecule has 5 aromatic rings. The highest BCUT2D eigenvalue weighted by Crippen LogP contribution is 2.43. The van der Waals surface area contributed by atoms with E-state index in [0.717, 1.165) is 94.3 Å². The van der Waals surface area contributed by atoms with Gasteiger partial charge >= 0.3 is 5.97 Å². The lowest BCUT2D eigenvalue weighted by Gasteiger charge is -2.18. The number of ether oxygens (including phenoxy) is 2. The summed E-state index contributed by atoms with van der Waals surface area (Å²) in [6.07, 6.45) is 7.83. The van der Waals surface area contributed by atoms with Crippen LogP contribution in [0.1, 0.15) is 76.6 Å². The predicted octanol–water partition coefficient (Wildman–Crippen LogP) is 8.35. The van der Waals surface area contributed by atoms with Crippen molar-refractivity contribution in [2.45, 2.75) is 74.8 Å². The second-order valence-electron chi connectivity index (χ2n) is 12.8. The molecule has 0 saturated heterocycles. The van der Waals surface area contributed by atoms with Crippen molar-refractivity contribution in [3.8, 4) is 16.9 Å². The minimum atomic E-state index is -0.362. The minimum absolute atomic E-state index is 0.362. The number of halogens is 1. The molecule has 1 N–H and O–H groups in total. The van der Waals surface area contributed by atoms with Crippen molar-refractivity contribution in [2.24, 2.45) is 14.1 Å². The summed E-state index contributed by atoms with van der Waals surface area (Å²) >= 11 is 10.8. The lowest BCUT2D eigenvalue weighted by atomic mass is 9.96. The number of hydrogen-bond acceptors (Lipinski definition) is 8. The quantitative estimate of drug-likeness (QED) is 0.172. The maximum Gasteiger partial charge on any atom is 0.354 e. The average Bonchev–Trinajstić information content (AvgIpc) is 3.79. The standard InChI is InChI=1S/C37H39ClN6O3S2.C2H6/c1-42-35-28-10-11-29(38)33(35)34-30(41-44-13-12-39-18-31(34)44)21-48-19-23-16-24(43(2)40-23)20-49-25-15-22-7-4-5-8-26(22)32(17-25)47-14-6-9-27(28)36(42)37(45)46-3;1-2/h5,8,10-11,15-17,39H,4,6-7,9,12-14,18-21H2,1-3H3;1-2H3. The lowest BCUT2D eigenvalue weighted by Crippen LogP contribution is -2.28. The van der Waals surface area contributed by atoms with Crippen LogP contribution in [0.25, 0.3) is 28.1 Å². The first kappa shape index (κ1) is 35.7. The smallest absolute Gasteiger partial charge is 0.354 e. The number of aromatic nitrogens is 5. The number of aryl methyl sites for hydroxylation is 4. The summed E-state index contributed by atoms with van der Waals surface area (Å²) in [5.41, 5.74) is 11.2. The number of thioether (sulfide) groups is 2. The van der Waals surface area contributed by atoms with Gasteiger partial charge in [0, 0.05) is 77.1 Å². The Balaban J connectivity index is 0.00000200. The molecular weight excluding hydrogens is 700 g/mol. The molecule has 8 bridgehead atoms. The maximum absolute atomic E-state index is 13.4. The van der Waals surface area contributed by atoms with E-state index in [1.165, 1.54) is 28.8 Å². The molecule has 5 heterocycles. The van der Waals surface area contributed by atoms with Gasteiger partial charge in [-0.05, 0) is 61.1 Å².